The lowest BCUT2D eigenvalue weighted by molar-refractivity contribution is -0.143. The number of fused-ring (bicyclic) bond motifs is 3. The summed E-state index contributed by atoms with van der Waals surface area (Å²) in [6, 6.07) is 0. The number of ether oxygens (including phenoxy) is 1. The molecule has 0 bridgehead atoms. The minimum Gasteiger partial charge on any atom is -0.466 e. The Bertz CT molecular complexity index is 599. The monoisotopic (exact) mass is 344 g/mol. The van der Waals surface area contributed by atoms with Gasteiger partial charge in [-0.3, -0.25) is 4.79 Å². The first-order valence-electron chi connectivity index (χ1n) is 10.3. The van der Waals surface area contributed by atoms with Crippen LogP contribution in [0.2, 0.25) is 0 Å². The molecule has 1 fully saturated rings. The predicted octanol–water partition coefficient (Wildman–Crippen LogP) is 6.22. The average molecular weight is 345 g/mol. The van der Waals surface area contributed by atoms with Crippen LogP contribution < -0.4 is 0 Å². The summed E-state index contributed by atoms with van der Waals surface area (Å²) in [5, 5.41) is 0. The van der Waals surface area contributed by atoms with Crippen molar-refractivity contribution in [3.8, 4) is 0 Å². The van der Waals surface area contributed by atoms with Gasteiger partial charge in [-0.15, -0.1) is 0 Å². The van der Waals surface area contributed by atoms with Crippen LogP contribution in [0.15, 0.2) is 22.8 Å². The highest BCUT2D eigenvalue weighted by atomic mass is 16.5. The van der Waals surface area contributed by atoms with Crippen LogP contribution in [-0.2, 0) is 9.53 Å². The maximum Gasteiger partial charge on any atom is 0.305 e. The molecule has 0 amide bonds. The first-order valence-corrected chi connectivity index (χ1v) is 10.3. The van der Waals surface area contributed by atoms with Crippen molar-refractivity contribution in [3.63, 3.8) is 0 Å². The third-order valence-electron chi connectivity index (χ3n) is 7.89. The fraction of sp³-hybridized carbons (Fsp3) is 0.783. The summed E-state index contributed by atoms with van der Waals surface area (Å²) in [7, 11) is 0. The van der Waals surface area contributed by atoms with Crippen LogP contribution in [0.4, 0.5) is 0 Å². The van der Waals surface area contributed by atoms with Crippen molar-refractivity contribution in [1.82, 2.24) is 0 Å². The van der Waals surface area contributed by atoms with E-state index in [0.717, 1.165) is 12.3 Å². The van der Waals surface area contributed by atoms with Gasteiger partial charge in [0, 0.05) is 6.42 Å². The number of carbonyl (C=O) groups is 1. The van der Waals surface area contributed by atoms with Crippen molar-refractivity contribution in [2.75, 3.05) is 6.61 Å². The van der Waals surface area contributed by atoms with E-state index in [1.165, 1.54) is 44.1 Å². The van der Waals surface area contributed by atoms with Gasteiger partial charge < -0.3 is 4.74 Å². The maximum atomic E-state index is 11.9. The van der Waals surface area contributed by atoms with Gasteiger partial charge in [0.05, 0.1) is 6.61 Å². The second-order valence-corrected chi connectivity index (χ2v) is 9.17. The average Bonchev–Trinajstić information content (AvgIpc) is 2.53. The molecule has 0 radical (unpaired) electrons. The van der Waals surface area contributed by atoms with Gasteiger partial charge in [0.25, 0.3) is 0 Å². The van der Waals surface area contributed by atoms with Gasteiger partial charge in [0.1, 0.15) is 0 Å². The molecule has 0 spiro atoms. The van der Waals surface area contributed by atoms with Gasteiger partial charge >= 0.3 is 5.97 Å². The molecule has 140 valence electrons. The summed E-state index contributed by atoms with van der Waals surface area (Å²) in [6.07, 6.45) is 11.7. The summed E-state index contributed by atoms with van der Waals surface area (Å²) in [4.78, 5) is 11.9. The molecule has 25 heavy (non-hydrogen) atoms. The summed E-state index contributed by atoms with van der Waals surface area (Å²) < 4.78 is 5.19. The molecule has 0 aliphatic heterocycles. The Kier molecular flexibility index (Phi) is 5.19. The van der Waals surface area contributed by atoms with Gasteiger partial charge in [-0.25, -0.2) is 0 Å². The second kappa shape index (κ2) is 6.93. The number of carbonyl (C=O) groups excluding carboxylic acids is 1. The SMILES string of the molecule is CCOC(=O)CC[C@@H]1C(C)=CC[C@H]2[C@@]1(C)CCC1=C(C)CCC[C@@]12C. The van der Waals surface area contributed by atoms with Crippen LogP contribution in [0, 0.1) is 22.7 Å². The number of esters is 1. The van der Waals surface area contributed by atoms with E-state index in [4.69, 9.17) is 4.74 Å². The highest BCUT2D eigenvalue weighted by Crippen LogP contribution is 2.65. The van der Waals surface area contributed by atoms with E-state index >= 15 is 0 Å². The summed E-state index contributed by atoms with van der Waals surface area (Å²) >= 11 is 0. The quantitative estimate of drug-likeness (QED) is 0.447. The number of allylic oxidation sites excluding steroid dienone is 4. The van der Waals surface area contributed by atoms with Crippen LogP contribution in [0.3, 0.4) is 0 Å². The van der Waals surface area contributed by atoms with Crippen molar-refractivity contribution in [2.45, 2.75) is 86.0 Å². The largest absolute Gasteiger partial charge is 0.466 e. The molecule has 0 heterocycles. The van der Waals surface area contributed by atoms with Crippen molar-refractivity contribution in [2.24, 2.45) is 22.7 Å². The highest BCUT2D eigenvalue weighted by molar-refractivity contribution is 5.69. The van der Waals surface area contributed by atoms with Crippen LogP contribution in [0.25, 0.3) is 0 Å². The van der Waals surface area contributed by atoms with E-state index in [-0.39, 0.29) is 5.97 Å². The topological polar surface area (TPSA) is 26.3 Å². The first kappa shape index (κ1) is 18.7. The molecule has 3 rings (SSSR count). The van der Waals surface area contributed by atoms with Gasteiger partial charge in [-0.05, 0) is 88.4 Å². The lowest BCUT2D eigenvalue weighted by Gasteiger charge is -2.60. The third kappa shape index (κ3) is 3.11. The molecule has 0 aromatic carbocycles. The van der Waals surface area contributed by atoms with Crippen molar-refractivity contribution < 1.29 is 9.53 Å². The molecule has 2 heteroatoms. The molecule has 2 nitrogen and oxygen atoms in total. The molecule has 4 atom stereocenters. The number of hydrogen-bond acceptors (Lipinski definition) is 2. The van der Waals surface area contributed by atoms with Crippen LogP contribution in [0.5, 0.6) is 0 Å². The normalized spacial score (nSPS) is 37.9. The van der Waals surface area contributed by atoms with Crippen LogP contribution in [-0.4, -0.2) is 12.6 Å². The summed E-state index contributed by atoms with van der Waals surface area (Å²) in [5.41, 5.74) is 5.64. The minimum absolute atomic E-state index is 0.0304. The molecular weight excluding hydrogens is 308 g/mol. The maximum absolute atomic E-state index is 11.9. The second-order valence-electron chi connectivity index (χ2n) is 9.17. The van der Waals surface area contributed by atoms with Crippen molar-refractivity contribution >= 4 is 5.97 Å². The lowest BCUT2D eigenvalue weighted by atomic mass is 9.44. The van der Waals surface area contributed by atoms with Gasteiger partial charge in [-0.1, -0.05) is 36.6 Å². The Hall–Kier alpha value is -1.05. The minimum atomic E-state index is -0.0304. The van der Waals surface area contributed by atoms with E-state index in [1.807, 2.05) is 6.92 Å². The molecule has 0 saturated heterocycles. The molecule has 0 aromatic heterocycles. The van der Waals surface area contributed by atoms with Crippen molar-refractivity contribution in [3.05, 3.63) is 22.8 Å². The molecule has 3 aliphatic rings. The Morgan fingerprint density at radius 3 is 2.72 bits per heavy atom. The van der Waals surface area contributed by atoms with E-state index in [1.54, 1.807) is 11.1 Å². The van der Waals surface area contributed by atoms with Crippen molar-refractivity contribution in [1.29, 1.82) is 0 Å². The predicted molar refractivity (Wildman–Crippen MR) is 103 cm³/mol. The number of hydrogen-bond donors (Lipinski definition) is 0. The molecule has 0 aromatic rings. The Balaban J connectivity index is 1.88. The van der Waals surface area contributed by atoms with E-state index < -0.39 is 0 Å². The van der Waals surface area contributed by atoms with E-state index in [2.05, 4.69) is 33.8 Å². The van der Waals surface area contributed by atoms with Gasteiger partial charge in [-0.2, -0.15) is 0 Å². The Morgan fingerprint density at radius 2 is 2.00 bits per heavy atom. The smallest absolute Gasteiger partial charge is 0.305 e. The summed E-state index contributed by atoms with van der Waals surface area (Å²) in [6.45, 7) is 12.1. The van der Waals surface area contributed by atoms with Gasteiger partial charge in [0.15, 0.2) is 0 Å². The van der Waals surface area contributed by atoms with Crippen LogP contribution in [0.1, 0.15) is 86.0 Å². The fourth-order valence-electron chi connectivity index (χ4n) is 6.66. The first-order chi connectivity index (χ1) is 11.8. The highest BCUT2D eigenvalue weighted by Gasteiger charge is 2.55. The molecule has 1 saturated carbocycles. The zero-order valence-electron chi connectivity index (χ0n) is 16.9. The van der Waals surface area contributed by atoms with Gasteiger partial charge in [0.2, 0.25) is 0 Å². The van der Waals surface area contributed by atoms with E-state index in [0.29, 0.717) is 29.8 Å². The lowest BCUT2D eigenvalue weighted by Crippen LogP contribution is -2.51. The molecular formula is C23H36O2. The fourth-order valence-corrected chi connectivity index (χ4v) is 6.66. The Labute approximate surface area is 154 Å². The third-order valence-corrected chi connectivity index (χ3v) is 7.89. The molecule has 3 aliphatic carbocycles. The number of rotatable bonds is 4. The Morgan fingerprint density at radius 1 is 1.24 bits per heavy atom. The zero-order chi connectivity index (χ0) is 18.2. The zero-order valence-corrected chi connectivity index (χ0v) is 16.9. The molecule has 0 N–H and O–H groups in total. The van der Waals surface area contributed by atoms with Crippen LogP contribution >= 0.6 is 0 Å². The molecule has 0 unspecified atom stereocenters. The summed E-state index contributed by atoms with van der Waals surface area (Å²) in [5.74, 6) is 1.21. The standard InChI is InChI=1S/C23H36O2/c1-6-25-21(24)12-10-18-17(3)9-11-20-22(4)14-7-8-16(2)19(22)13-15-23(18,20)5/h9,18,20H,6-8,10-15H2,1-5H3/t18-,20-,22+,23+/m1/s1. The van der Waals surface area contributed by atoms with E-state index in [9.17, 15) is 4.79 Å².